The molecule has 0 saturated carbocycles. The number of hydrogen-bond donors (Lipinski definition) is 5. The summed E-state index contributed by atoms with van der Waals surface area (Å²) in [5.41, 5.74) is 0.910. The lowest BCUT2D eigenvalue weighted by atomic mass is 10.1. The van der Waals surface area contributed by atoms with E-state index >= 15 is 0 Å². The molecule has 0 aliphatic heterocycles. The number of amides is 2. The first-order chi connectivity index (χ1) is 12.2. The first kappa shape index (κ1) is 23.3. The van der Waals surface area contributed by atoms with Gasteiger partial charge in [0.15, 0.2) is 0 Å². The second-order valence-corrected chi connectivity index (χ2v) is 6.00. The second-order valence-electron chi connectivity index (χ2n) is 4.84. The molecular weight excluding hydrogens is 463 g/mol. The van der Waals surface area contributed by atoms with E-state index in [1.165, 1.54) is 0 Å². The molecule has 5 N–H and O–H groups in total. The summed E-state index contributed by atoms with van der Waals surface area (Å²) < 4.78 is 0.698. The molecule has 1 rings (SSSR count). The summed E-state index contributed by atoms with van der Waals surface area (Å²) in [6.45, 7) is 0.276. The fraction of sp³-hybridized carbons (Fsp3) is 0.333. The summed E-state index contributed by atoms with van der Waals surface area (Å²) in [5.74, 6) is -2.22. The molecule has 0 spiro atoms. The molecule has 11 heteroatoms. The molecule has 2 amide bonds. The molecule has 0 aliphatic carbocycles. The van der Waals surface area contributed by atoms with E-state index in [0.29, 0.717) is 9.99 Å². The summed E-state index contributed by atoms with van der Waals surface area (Å²) in [6.07, 6.45) is 0.230. The molecule has 1 aromatic rings. The fourth-order valence-electron chi connectivity index (χ4n) is 1.76. The number of carboxylic acids is 2. The Morgan fingerprint density at radius 1 is 1.19 bits per heavy atom. The summed E-state index contributed by atoms with van der Waals surface area (Å²) in [4.78, 5) is 49.3. The van der Waals surface area contributed by atoms with Crippen LogP contribution in [-0.4, -0.2) is 52.0 Å². The van der Waals surface area contributed by atoms with Crippen LogP contribution in [0.1, 0.15) is 18.4 Å². The van der Waals surface area contributed by atoms with Crippen molar-refractivity contribution in [2.24, 2.45) is 0 Å². The molecule has 0 aliphatic rings. The van der Waals surface area contributed by atoms with Crippen molar-refractivity contribution in [2.75, 3.05) is 6.54 Å². The summed E-state index contributed by atoms with van der Waals surface area (Å²) in [5, 5.41) is 31.6. The highest BCUT2D eigenvalue weighted by Crippen LogP contribution is 2.20. The quantitative estimate of drug-likeness (QED) is 0.337. The third kappa shape index (κ3) is 10.3. The molecule has 0 saturated heterocycles. The average molecular weight is 480 g/mol. The van der Waals surface area contributed by atoms with E-state index in [1.54, 1.807) is 18.2 Å². The fourth-order valence-corrected chi connectivity index (χ4v) is 2.34. The van der Waals surface area contributed by atoms with E-state index in [1.807, 2.05) is 22.6 Å². The van der Waals surface area contributed by atoms with Gasteiger partial charge in [-0.2, -0.15) is 9.59 Å². The van der Waals surface area contributed by atoms with Crippen LogP contribution in [-0.2, 0) is 25.6 Å². The Balaban J connectivity index is 0.00000194. The lowest BCUT2D eigenvalue weighted by Crippen LogP contribution is -2.46. The first-order valence-corrected chi connectivity index (χ1v) is 8.24. The van der Waals surface area contributed by atoms with E-state index in [2.05, 4.69) is 10.6 Å². The number of urea groups is 1. The Bertz CT molecular complexity index is 674. The van der Waals surface area contributed by atoms with Gasteiger partial charge in [-0.1, -0.05) is 6.07 Å². The van der Waals surface area contributed by atoms with Crippen molar-refractivity contribution in [3.05, 3.63) is 27.3 Å². The number of halogens is 1. The molecule has 142 valence electrons. The Kier molecular flexibility index (Phi) is 11.4. The zero-order valence-corrected chi connectivity index (χ0v) is 15.6. The molecule has 0 unspecified atom stereocenters. The van der Waals surface area contributed by atoms with E-state index < -0.39 is 24.0 Å². The highest BCUT2D eigenvalue weighted by atomic mass is 127. The lowest BCUT2D eigenvalue weighted by molar-refractivity contribution is -0.191. The number of aromatic hydroxyl groups is 1. The van der Waals surface area contributed by atoms with E-state index in [0.717, 1.165) is 5.56 Å². The Morgan fingerprint density at radius 2 is 1.81 bits per heavy atom. The monoisotopic (exact) mass is 480 g/mol. The molecule has 26 heavy (non-hydrogen) atoms. The van der Waals surface area contributed by atoms with Crippen LogP contribution in [0.5, 0.6) is 5.75 Å². The minimum atomic E-state index is -1.28. The normalized spacial score (nSPS) is 10.5. The van der Waals surface area contributed by atoms with Gasteiger partial charge in [0.05, 0.1) is 3.57 Å². The maximum Gasteiger partial charge on any atom is 0.373 e. The van der Waals surface area contributed by atoms with Gasteiger partial charge in [-0.3, -0.25) is 4.79 Å². The van der Waals surface area contributed by atoms with E-state index in [-0.39, 0.29) is 31.3 Å². The number of rotatable bonds is 8. The van der Waals surface area contributed by atoms with Crippen molar-refractivity contribution in [3.63, 3.8) is 0 Å². The number of nitrogens with one attached hydrogen (secondary N) is 2. The molecule has 1 aromatic carbocycles. The van der Waals surface area contributed by atoms with Crippen LogP contribution >= 0.6 is 22.6 Å². The minimum absolute atomic E-state index is 0.183. The number of carbonyl (C=O) groups excluding carboxylic acids is 3. The molecule has 1 atom stereocenters. The summed E-state index contributed by atoms with van der Waals surface area (Å²) in [6, 6.07) is 3.15. The molecular formula is C15H17IN2O8. The first-order valence-electron chi connectivity index (χ1n) is 7.16. The SMILES string of the molecule is O=C(O)CC[C@H](NC(=O)NCCc1ccc(O)c(I)c1)C(=O)O.O=C=O. The summed E-state index contributed by atoms with van der Waals surface area (Å²) in [7, 11) is 0. The lowest BCUT2D eigenvalue weighted by Gasteiger charge is -2.14. The number of aliphatic carboxylic acids is 2. The van der Waals surface area contributed by atoms with Gasteiger partial charge in [-0.15, -0.1) is 0 Å². The molecule has 10 nitrogen and oxygen atoms in total. The van der Waals surface area contributed by atoms with Crippen LogP contribution < -0.4 is 10.6 Å². The average Bonchev–Trinajstić information content (AvgIpc) is 2.55. The summed E-state index contributed by atoms with van der Waals surface area (Å²) >= 11 is 1.99. The molecule has 0 bridgehead atoms. The second kappa shape index (κ2) is 12.7. The van der Waals surface area contributed by atoms with Gasteiger partial charge in [0.2, 0.25) is 0 Å². The maximum atomic E-state index is 11.6. The zero-order chi connectivity index (χ0) is 20.1. The van der Waals surface area contributed by atoms with Crippen LogP contribution in [0.2, 0.25) is 0 Å². The topological polar surface area (TPSA) is 170 Å². The van der Waals surface area contributed by atoms with E-state index in [9.17, 15) is 19.5 Å². The number of carboxylic acid groups (broad SMARTS) is 2. The van der Waals surface area contributed by atoms with Gasteiger partial charge in [0.25, 0.3) is 0 Å². The van der Waals surface area contributed by atoms with Crippen molar-refractivity contribution >= 4 is 46.7 Å². The Morgan fingerprint density at radius 3 is 2.31 bits per heavy atom. The molecule has 0 heterocycles. The third-order valence-electron chi connectivity index (χ3n) is 2.96. The van der Waals surface area contributed by atoms with Crippen LogP contribution in [0.3, 0.4) is 0 Å². The van der Waals surface area contributed by atoms with Crippen LogP contribution in [0.15, 0.2) is 18.2 Å². The standard InChI is InChI=1S/C14H17IN2O6.CO2/c15-9-7-8(1-3-11(9)18)5-6-16-14(23)17-10(13(21)22)2-4-12(19)20;2-1-3/h1,3,7,10,18H,2,4-6H2,(H,19,20)(H,21,22)(H2,16,17,23);/t10-;/m0./s1. The zero-order valence-electron chi connectivity index (χ0n) is 13.4. The minimum Gasteiger partial charge on any atom is -0.507 e. The largest absolute Gasteiger partial charge is 0.507 e. The number of hydrogen-bond acceptors (Lipinski definition) is 6. The number of phenolic OH excluding ortho intramolecular Hbond substituents is 1. The number of carbonyl (C=O) groups is 3. The highest BCUT2D eigenvalue weighted by Gasteiger charge is 2.20. The van der Waals surface area contributed by atoms with Crippen LogP contribution in [0.25, 0.3) is 0 Å². The maximum absolute atomic E-state index is 11.6. The Hall–Kier alpha value is -2.66. The third-order valence-corrected chi connectivity index (χ3v) is 3.83. The van der Waals surface area contributed by atoms with Crippen LogP contribution in [0.4, 0.5) is 4.79 Å². The smallest absolute Gasteiger partial charge is 0.373 e. The van der Waals surface area contributed by atoms with Crippen molar-refractivity contribution in [2.45, 2.75) is 25.3 Å². The molecule has 0 radical (unpaired) electrons. The van der Waals surface area contributed by atoms with Gasteiger partial charge < -0.3 is 26.0 Å². The van der Waals surface area contributed by atoms with Crippen molar-refractivity contribution in [1.82, 2.24) is 10.6 Å². The predicted molar refractivity (Wildman–Crippen MR) is 94.4 cm³/mol. The molecule has 0 aromatic heterocycles. The van der Waals surface area contributed by atoms with E-state index in [4.69, 9.17) is 19.8 Å². The van der Waals surface area contributed by atoms with Crippen molar-refractivity contribution < 1.29 is 39.3 Å². The Labute approximate surface area is 161 Å². The van der Waals surface area contributed by atoms with Crippen molar-refractivity contribution in [1.29, 1.82) is 0 Å². The van der Waals surface area contributed by atoms with Gasteiger partial charge >= 0.3 is 24.1 Å². The van der Waals surface area contributed by atoms with Gasteiger partial charge in [0.1, 0.15) is 11.8 Å². The van der Waals surface area contributed by atoms with Gasteiger partial charge in [-0.25, -0.2) is 9.59 Å². The number of phenols is 1. The predicted octanol–water partition coefficient (Wildman–Crippen LogP) is 0.573. The van der Waals surface area contributed by atoms with Gasteiger partial charge in [-0.05, 0) is 53.1 Å². The number of benzene rings is 1. The highest BCUT2D eigenvalue weighted by molar-refractivity contribution is 14.1. The van der Waals surface area contributed by atoms with Crippen molar-refractivity contribution in [3.8, 4) is 5.75 Å². The van der Waals surface area contributed by atoms with Gasteiger partial charge in [0, 0.05) is 13.0 Å². The molecule has 0 fully saturated rings. The van der Waals surface area contributed by atoms with Crippen LogP contribution in [0, 0.1) is 3.57 Å².